The molecule has 0 aliphatic carbocycles. The number of likely N-dealkylation sites (tertiary alicyclic amines) is 1. The van der Waals surface area contributed by atoms with Gasteiger partial charge in [-0.3, -0.25) is 14.5 Å². The number of nitrogens with one attached hydrogen (secondary N) is 1. The predicted octanol–water partition coefficient (Wildman–Crippen LogP) is 0.780. The molecule has 4 amide bonds. The summed E-state index contributed by atoms with van der Waals surface area (Å²) in [5.41, 5.74) is 0.00261. The van der Waals surface area contributed by atoms with Gasteiger partial charge in [-0.05, 0) is 18.9 Å². The highest BCUT2D eigenvalue weighted by atomic mass is 16.5. The Labute approximate surface area is 140 Å². The van der Waals surface area contributed by atoms with Crippen LogP contribution < -0.4 is 10.1 Å². The molecule has 1 spiro atoms. The minimum Gasteiger partial charge on any atom is -0.496 e. The van der Waals surface area contributed by atoms with E-state index in [0.717, 1.165) is 10.5 Å². The van der Waals surface area contributed by atoms with E-state index >= 15 is 0 Å². The van der Waals surface area contributed by atoms with Gasteiger partial charge >= 0.3 is 6.03 Å². The molecule has 24 heavy (non-hydrogen) atoms. The van der Waals surface area contributed by atoms with Gasteiger partial charge in [0.1, 0.15) is 11.3 Å². The van der Waals surface area contributed by atoms with E-state index in [2.05, 4.69) is 5.32 Å². The molecule has 0 bridgehead atoms. The zero-order valence-electron chi connectivity index (χ0n) is 13.9. The van der Waals surface area contributed by atoms with Crippen molar-refractivity contribution in [1.82, 2.24) is 15.1 Å². The maximum Gasteiger partial charge on any atom is 0.324 e. The van der Waals surface area contributed by atoms with E-state index in [0.29, 0.717) is 31.7 Å². The van der Waals surface area contributed by atoms with E-state index in [1.807, 2.05) is 24.3 Å². The van der Waals surface area contributed by atoms with E-state index in [1.54, 1.807) is 12.0 Å². The Kier molecular flexibility index (Phi) is 4.17. The third-order valence-corrected chi connectivity index (χ3v) is 4.87. The Balaban J connectivity index is 1.64. The van der Waals surface area contributed by atoms with Crippen molar-refractivity contribution in [2.24, 2.45) is 0 Å². The Hall–Kier alpha value is -2.57. The van der Waals surface area contributed by atoms with E-state index in [9.17, 15) is 14.4 Å². The fraction of sp³-hybridized carbons (Fsp3) is 0.471. The topological polar surface area (TPSA) is 79.0 Å². The number of nitrogens with zero attached hydrogens (tertiary/aromatic N) is 2. The number of imide groups is 1. The van der Waals surface area contributed by atoms with Gasteiger partial charge in [0, 0.05) is 25.7 Å². The number of amides is 4. The third-order valence-electron chi connectivity index (χ3n) is 4.87. The molecule has 1 N–H and O–H groups in total. The number of piperidine rings is 1. The number of benzene rings is 1. The van der Waals surface area contributed by atoms with Gasteiger partial charge in [0.15, 0.2) is 0 Å². The van der Waals surface area contributed by atoms with Gasteiger partial charge in [0.25, 0.3) is 5.91 Å². The van der Waals surface area contributed by atoms with Gasteiger partial charge in [-0.15, -0.1) is 0 Å². The van der Waals surface area contributed by atoms with Crippen LogP contribution in [0.15, 0.2) is 24.3 Å². The van der Waals surface area contributed by atoms with E-state index in [-0.39, 0.29) is 24.3 Å². The highest BCUT2D eigenvalue weighted by Gasteiger charge is 2.51. The normalized spacial score (nSPS) is 19.6. The van der Waals surface area contributed by atoms with Crippen molar-refractivity contribution in [2.45, 2.75) is 24.8 Å². The number of rotatable bonds is 3. The van der Waals surface area contributed by atoms with Gasteiger partial charge in [-0.25, -0.2) is 4.79 Å². The van der Waals surface area contributed by atoms with Crippen LogP contribution >= 0.6 is 0 Å². The molecule has 0 atom stereocenters. The highest BCUT2D eigenvalue weighted by Crippen LogP contribution is 2.29. The fourth-order valence-electron chi connectivity index (χ4n) is 3.36. The smallest absolute Gasteiger partial charge is 0.324 e. The zero-order chi connectivity index (χ0) is 17.3. The van der Waals surface area contributed by atoms with Crippen LogP contribution in [-0.2, 0) is 16.0 Å². The van der Waals surface area contributed by atoms with Crippen molar-refractivity contribution >= 4 is 17.8 Å². The van der Waals surface area contributed by atoms with Crippen LogP contribution in [0.25, 0.3) is 0 Å². The average Bonchev–Trinajstić information content (AvgIpc) is 2.80. The standard InChI is InChI=1S/C17H21N3O4/c1-19-15(22)17(18-16(19)23)7-9-20(10-8-17)14(21)11-12-5-3-4-6-13(12)24-2/h3-6H,7-11H2,1-2H3,(H,18,23). The summed E-state index contributed by atoms with van der Waals surface area (Å²) in [6.07, 6.45) is 1.15. The second kappa shape index (κ2) is 6.14. The van der Waals surface area contributed by atoms with Crippen LogP contribution in [0.4, 0.5) is 4.79 Å². The number of likely N-dealkylation sites (N-methyl/N-ethyl adjacent to an activating group) is 1. The molecule has 128 valence electrons. The van der Waals surface area contributed by atoms with Gasteiger partial charge in [0.05, 0.1) is 13.5 Å². The summed E-state index contributed by atoms with van der Waals surface area (Å²) in [5, 5.41) is 2.78. The quantitative estimate of drug-likeness (QED) is 0.830. The summed E-state index contributed by atoms with van der Waals surface area (Å²) in [7, 11) is 3.06. The summed E-state index contributed by atoms with van der Waals surface area (Å²) in [4.78, 5) is 39.4. The number of para-hydroxylation sites is 1. The van der Waals surface area contributed by atoms with Crippen molar-refractivity contribution < 1.29 is 19.1 Å². The fourth-order valence-corrected chi connectivity index (χ4v) is 3.36. The number of urea groups is 1. The lowest BCUT2D eigenvalue weighted by molar-refractivity contribution is -0.137. The first-order chi connectivity index (χ1) is 11.5. The molecule has 0 radical (unpaired) electrons. The number of hydrogen-bond donors (Lipinski definition) is 1. The second-order valence-electron chi connectivity index (χ2n) is 6.25. The summed E-state index contributed by atoms with van der Waals surface area (Å²) >= 11 is 0. The van der Waals surface area contributed by atoms with Crippen molar-refractivity contribution in [2.75, 3.05) is 27.2 Å². The van der Waals surface area contributed by atoms with Gasteiger partial charge in [-0.2, -0.15) is 0 Å². The summed E-state index contributed by atoms with van der Waals surface area (Å²) in [6.45, 7) is 0.904. The van der Waals surface area contributed by atoms with Crippen LogP contribution in [-0.4, -0.2) is 60.4 Å². The number of hydrogen-bond acceptors (Lipinski definition) is 4. The molecule has 1 aromatic carbocycles. The van der Waals surface area contributed by atoms with Gasteiger partial charge < -0.3 is 15.0 Å². The zero-order valence-corrected chi connectivity index (χ0v) is 13.9. The van der Waals surface area contributed by atoms with E-state index in [1.165, 1.54) is 7.05 Å². The Morgan fingerprint density at radius 3 is 2.50 bits per heavy atom. The van der Waals surface area contributed by atoms with Crippen LogP contribution in [0.3, 0.4) is 0 Å². The minimum atomic E-state index is -0.840. The molecule has 0 aromatic heterocycles. The molecular formula is C17H21N3O4. The van der Waals surface area contributed by atoms with Crippen LogP contribution in [0.5, 0.6) is 5.75 Å². The number of carbonyl (C=O) groups is 3. The molecule has 1 aromatic rings. The van der Waals surface area contributed by atoms with Crippen LogP contribution in [0.1, 0.15) is 18.4 Å². The molecule has 2 heterocycles. The lowest BCUT2D eigenvalue weighted by Gasteiger charge is -2.37. The maximum absolute atomic E-state index is 12.5. The predicted molar refractivity (Wildman–Crippen MR) is 86.5 cm³/mol. The average molecular weight is 331 g/mol. The number of ether oxygens (including phenoxy) is 1. The second-order valence-corrected chi connectivity index (χ2v) is 6.25. The summed E-state index contributed by atoms with van der Waals surface area (Å²) < 4.78 is 5.28. The van der Waals surface area contributed by atoms with Crippen molar-refractivity contribution in [3.8, 4) is 5.75 Å². The third kappa shape index (κ3) is 2.70. The summed E-state index contributed by atoms with van der Waals surface area (Å²) in [6, 6.07) is 7.07. The molecular weight excluding hydrogens is 310 g/mol. The van der Waals surface area contributed by atoms with Crippen molar-refractivity contribution in [3.05, 3.63) is 29.8 Å². The molecule has 0 saturated carbocycles. The molecule has 7 nitrogen and oxygen atoms in total. The Morgan fingerprint density at radius 2 is 1.92 bits per heavy atom. The summed E-state index contributed by atoms with van der Waals surface area (Å²) in [5.74, 6) is 0.489. The lowest BCUT2D eigenvalue weighted by atomic mass is 9.87. The molecule has 2 saturated heterocycles. The minimum absolute atomic E-state index is 0.000484. The van der Waals surface area contributed by atoms with E-state index in [4.69, 9.17) is 4.74 Å². The molecule has 2 aliphatic rings. The van der Waals surface area contributed by atoms with Gasteiger partial charge in [-0.1, -0.05) is 18.2 Å². The Morgan fingerprint density at radius 1 is 1.25 bits per heavy atom. The first-order valence-electron chi connectivity index (χ1n) is 7.97. The molecule has 0 unspecified atom stereocenters. The van der Waals surface area contributed by atoms with E-state index < -0.39 is 5.54 Å². The van der Waals surface area contributed by atoms with Crippen molar-refractivity contribution in [3.63, 3.8) is 0 Å². The Bertz CT molecular complexity index is 680. The maximum atomic E-state index is 12.5. The van der Waals surface area contributed by atoms with Crippen LogP contribution in [0, 0.1) is 0 Å². The van der Waals surface area contributed by atoms with Crippen molar-refractivity contribution in [1.29, 1.82) is 0 Å². The first kappa shape index (κ1) is 16.3. The van der Waals surface area contributed by atoms with Gasteiger partial charge in [0.2, 0.25) is 5.91 Å². The monoisotopic (exact) mass is 331 g/mol. The van der Waals surface area contributed by atoms with Crippen LogP contribution in [0.2, 0.25) is 0 Å². The molecule has 2 aliphatic heterocycles. The highest BCUT2D eigenvalue weighted by molar-refractivity contribution is 6.06. The number of methoxy groups -OCH3 is 1. The largest absolute Gasteiger partial charge is 0.496 e. The molecule has 3 rings (SSSR count). The SMILES string of the molecule is COc1ccccc1CC(=O)N1CCC2(CC1)NC(=O)N(C)C2=O. The number of carbonyl (C=O) groups excluding carboxylic acids is 3. The first-order valence-corrected chi connectivity index (χ1v) is 7.97. The molecule has 2 fully saturated rings. The lowest BCUT2D eigenvalue weighted by Crippen LogP contribution is -2.56. The molecule has 7 heteroatoms.